The molecule has 6 rings (SSSR count). The second-order valence-corrected chi connectivity index (χ2v) is 14.4. The van der Waals surface area contributed by atoms with E-state index in [9.17, 15) is 29.4 Å². The number of anilines is 4. The van der Waals surface area contributed by atoms with Gasteiger partial charge >= 0.3 is 11.9 Å². The molecule has 24 nitrogen and oxygen atoms in total. The van der Waals surface area contributed by atoms with Crippen molar-refractivity contribution in [3.8, 4) is 0 Å². The van der Waals surface area contributed by atoms with Crippen molar-refractivity contribution >= 4 is 70.4 Å². The summed E-state index contributed by atoms with van der Waals surface area (Å²) in [6, 6.07) is 27.1. The summed E-state index contributed by atoms with van der Waals surface area (Å²) in [5.41, 5.74) is 37.3. The van der Waals surface area contributed by atoms with Crippen molar-refractivity contribution in [1.29, 1.82) is 21.6 Å². The molecule has 0 unspecified atom stereocenters. The van der Waals surface area contributed by atoms with E-state index in [4.69, 9.17) is 56.0 Å². The third-order valence-electron chi connectivity index (χ3n) is 9.57. The normalized spacial score (nSPS) is 10.4. The maximum atomic E-state index is 12.8. The molecule has 68 heavy (non-hydrogen) atoms. The molecule has 4 aromatic carbocycles. The molecule has 0 atom stereocenters. The molecule has 0 aliphatic rings. The van der Waals surface area contributed by atoms with E-state index >= 15 is 0 Å². The van der Waals surface area contributed by atoms with Gasteiger partial charge in [-0.1, -0.05) is 97.1 Å². The van der Waals surface area contributed by atoms with Crippen LogP contribution in [-0.2, 0) is 26.2 Å². The molecule has 2 heterocycles. The van der Waals surface area contributed by atoms with E-state index in [1.807, 2.05) is 0 Å². The van der Waals surface area contributed by atoms with Crippen molar-refractivity contribution in [1.82, 2.24) is 30.6 Å². The van der Waals surface area contributed by atoms with Gasteiger partial charge < -0.3 is 65.9 Å². The zero-order valence-electron chi connectivity index (χ0n) is 35.8. The highest BCUT2D eigenvalue weighted by Gasteiger charge is 2.23. The topological polar surface area (TPSA) is 460 Å². The molecule has 6 aromatic rings. The van der Waals surface area contributed by atoms with E-state index in [0.717, 1.165) is 22.3 Å². The molecule has 24 heteroatoms. The number of carbonyl (C=O) groups is 4. The predicted molar refractivity (Wildman–Crippen MR) is 254 cm³/mol. The Bertz CT molecular complexity index is 2910. The number of carboxylic acid groups (broad SMARTS) is 2. The summed E-state index contributed by atoms with van der Waals surface area (Å²) in [7, 11) is 0. The quantitative estimate of drug-likeness (QED) is 0.0431. The summed E-state index contributed by atoms with van der Waals surface area (Å²) in [4.78, 5) is 64.5. The van der Waals surface area contributed by atoms with Gasteiger partial charge in [0.2, 0.25) is 0 Å². The number of amidine groups is 4. The number of nitrogen functional groups attached to an aromatic ring is 6. The van der Waals surface area contributed by atoms with Crippen molar-refractivity contribution in [2.45, 2.75) is 26.2 Å². The molecule has 0 aliphatic carbocycles. The van der Waals surface area contributed by atoms with Gasteiger partial charge in [0.1, 0.15) is 23.3 Å². The van der Waals surface area contributed by atoms with E-state index in [2.05, 4.69) is 41.2 Å². The van der Waals surface area contributed by atoms with Gasteiger partial charge in [-0.05, 0) is 22.3 Å². The lowest BCUT2D eigenvalue weighted by Crippen LogP contribution is -2.27. The summed E-state index contributed by atoms with van der Waals surface area (Å²) in [5.74, 6) is -5.11. The Labute approximate surface area is 386 Å². The monoisotopic (exact) mass is 922 g/mol. The molecule has 0 radical (unpaired) electrons. The molecule has 0 bridgehead atoms. The summed E-state index contributed by atoms with van der Waals surface area (Å²) < 4.78 is 0. The minimum Gasteiger partial charge on any atom is -0.476 e. The molecule has 0 saturated heterocycles. The van der Waals surface area contributed by atoms with Crippen LogP contribution in [0.25, 0.3) is 0 Å². The van der Waals surface area contributed by atoms with E-state index < -0.39 is 35.1 Å². The Morgan fingerprint density at radius 2 is 0.691 bits per heavy atom. The number of rotatable bonds is 18. The number of hydrogen-bond acceptors (Lipinski definition) is 16. The number of nitrogens with one attached hydrogen (secondary N) is 8. The molecule has 0 saturated carbocycles. The van der Waals surface area contributed by atoms with Gasteiger partial charge in [-0.2, -0.15) is 0 Å². The maximum absolute atomic E-state index is 12.8. The van der Waals surface area contributed by atoms with E-state index in [0.29, 0.717) is 22.3 Å². The van der Waals surface area contributed by atoms with Crippen LogP contribution in [0.15, 0.2) is 97.1 Å². The molecular weight excluding hydrogens is 877 g/mol. The molecule has 2 aromatic heterocycles. The highest BCUT2D eigenvalue weighted by atomic mass is 16.4. The van der Waals surface area contributed by atoms with Gasteiger partial charge in [-0.25, -0.2) is 29.5 Å². The molecule has 0 spiro atoms. The lowest BCUT2D eigenvalue weighted by Gasteiger charge is -2.13. The molecular formula is C44H46N18O6. The van der Waals surface area contributed by atoms with Crippen LogP contribution in [0, 0.1) is 21.6 Å². The van der Waals surface area contributed by atoms with E-state index in [1.54, 1.807) is 97.1 Å². The molecule has 22 N–H and O–H groups in total. The number of carboxylic acids is 2. The van der Waals surface area contributed by atoms with Gasteiger partial charge in [0.05, 0.1) is 0 Å². The first kappa shape index (κ1) is 49.0. The maximum Gasteiger partial charge on any atom is 0.358 e. The Hall–Kier alpha value is -10.0. The fourth-order valence-corrected chi connectivity index (χ4v) is 5.89. The van der Waals surface area contributed by atoms with Crippen LogP contribution >= 0.6 is 0 Å². The average Bonchev–Trinajstić information content (AvgIpc) is 3.32. The fourth-order valence-electron chi connectivity index (χ4n) is 5.89. The smallest absolute Gasteiger partial charge is 0.358 e. The second-order valence-electron chi connectivity index (χ2n) is 14.4. The number of nitrogens with zero attached hydrogens (tertiary/aromatic N) is 4. The molecule has 0 aliphatic heterocycles. The SMILES string of the molecule is N=C(N)c1ccc(CNC(=O)c2nc(N)c(C(=O)O)nc2NCc2ccc(C(=N)N)cc2)cc1.N=C(N)c1ccc(CNC(=O)c2nc(NCc3ccc(C(=N)N)cc3)c(C(=O)O)nc2N)cc1. The summed E-state index contributed by atoms with van der Waals surface area (Å²) >= 11 is 0. The van der Waals surface area contributed by atoms with Crippen LogP contribution < -0.4 is 55.7 Å². The average molecular weight is 923 g/mol. The number of carbonyl (C=O) groups excluding carboxylic acids is 2. The van der Waals surface area contributed by atoms with Gasteiger partial charge in [0.25, 0.3) is 11.8 Å². The first-order valence-corrected chi connectivity index (χ1v) is 19.9. The summed E-state index contributed by atoms with van der Waals surface area (Å²) in [5, 5.41) is 59.7. The second kappa shape index (κ2) is 22.1. The van der Waals surface area contributed by atoms with Crippen LogP contribution in [0.1, 0.15) is 86.5 Å². The lowest BCUT2D eigenvalue weighted by atomic mass is 10.1. The van der Waals surface area contributed by atoms with Crippen molar-refractivity contribution in [3.63, 3.8) is 0 Å². The van der Waals surface area contributed by atoms with Crippen molar-refractivity contribution in [3.05, 3.63) is 164 Å². The molecule has 2 amide bonds. The van der Waals surface area contributed by atoms with Crippen LogP contribution in [0.4, 0.5) is 23.3 Å². The minimum absolute atomic E-state index is 0.0494. The highest BCUT2D eigenvalue weighted by molar-refractivity contribution is 6.01. The number of hydrogen-bond donors (Lipinski definition) is 16. The summed E-state index contributed by atoms with van der Waals surface area (Å²) in [6.07, 6.45) is 0. The molecule has 0 fully saturated rings. The minimum atomic E-state index is -1.38. The van der Waals surface area contributed by atoms with Gasteiger partial charge in [-0.15, -0.1) is 0 Å². The number of nitrogens with two attached hydrogens (primary N) is 6. The Morgan fingerprint density at radius 3 is 1.03 bits per heavy atom. The van der Waals surface area contributed by atoms with E-state index in [-0.39, 0.29) is 84.2 Å². The zero-order chi connectivity index (χ0) is 49.7. The van der Waals surface area contributed by atoms with Gasteiger partial charge in [0.15, 0.2) is 46.0 Å². The Morgan fingerprint density at radius 1 is 0.412 bits per heavy atom. The van der Waals surface area contributed by atoms with Gasteiger partial charge in [-0.3, -0.25) is 31.2 Å². The fraction of sp³-hybridized carbons (Fsp3) is 0.0909. The standard InChI is InChI=1S/2C22H23N9O3/c23-17(24)13-5-1-11(2-6-13)9-28-20-16(30-19(27)15(31-20)22(33)34)21(32)29-10-12-3-7-14(8-4-12)18(25)26;23-17(24)13-5-1-11(2-6-13)9-28-20-16(22(33)34)30-19(27)15(31-20)21(32)29-10-12-3-7-14(8-4-12)18(25)26/h2*1-8H,9-10H2,(H3,23,24)(H3,25,26)(H2,27,30)(H,28,31)(H,29,32)(H,33,34). The van der Waals surface area contributed by atoms with Crippen LogP contribution in [0.2, 0.25) is 0 Å². The highest BCUT2D eigenvalue weighted by Crippen LogP contribution is 2.20. The van der Waals surface area contributed by atoms with Crippen LogP contribution in [0.3, 0.4) is 0 Å². The number of aromatic carboxylic acids is 2. The lowest BCUT2D eigenvalue weighted by molar-refractivity contribution is 0.0680. The Kier molecular flexibility index (Phi) is 15.9. The van der Waals surface area contributed by atoms with Crippen molar-refractivity contribution in [2.75, 3.05) is 22.1 Å². The zero-order valence-corrected chi connectivity index (χ0v) is 35.8. The largest absolute Gasteiger partial charge is 0.476 e. The Balaban J connectivity index is 0.000000254. The van der Waals surface area contributed by atoms with Gasteiger partial charge in [0, 0.05) is 48.4 Å². The third-order valence-corrected chi connectivity index (χ3v) is 9.57. The third kappa shape index (κ3) is 13.0. The van der Waals surface area contributed by atoms with E-state index in [1.165, 1.54) is 0 Å². The number of aromatic nitrogens is 4. The first-order valence-electron chi connectivity index (χ1n) is 19.9. The molecule has 348 valence electrons. The summed E-state index contributed by atoms with van der Waals surface area (Å²) in [6.45, 7) is 0.665. The number of amides is 2. The van der Waals surface area contributed by atoms with Crippen LogP contribution in [0.5, 0.6) is 0 Å². The van der Waals surface area contributed by atoms with Crippen molar-refractivity contribution in [2.24, 2.45) is 22.9 Å². The predicted octanol–water partition coefficient (Wildman–Crippen LogP) is 1.73. The van der Waals surface area contributed by atoms with Crippen molar-refractivity contribution < 1.29 is 29.4 Å². The van der Waals surface area contributed by atoms with Crippen LogP contribution in [-0.4, -0.2) is 77.2 Å². The number of benzene rings is 4. The first-order chi connectivity index (χ1) is 32.3.